The highest BCUT2D eigenvalue weighted by atomic mass is 35.5. The van der Waals surface area contributed by atoms with E-state index >= 15 is 0 Å². The van der Waals surface area contributed by atoms with E-state index in [4.69, 9.17) is 27.9 Å². The average Bonchev–Trinajstić information content (AvgIpc) is 3.23. The van der Waals surface area contributed by atoms with Crippen LogP contribution in [0.5, 0.6) is 0 Å². The molecule has 0 saturated heterocycles. The third kappa shape index (κ3) is 4.71. The molecule has 2 aromatic carbocycles. The molecule has 0 radical (unpaired) electrons. The van der Waals surface area contributed by atoms with Crippen molar-refractivity contribution in [3.05, 3.63) is 70.5 Å². The van der Waals surface area contributed by atoms with E-state index in [1.807, 2.05) is 0 Å². The smallest absolute Gasteiger partial charge is 0.338 e. The Kier molecular flexibility index (Phi) is 6.34. The van der Waals surface area contributed by atoms with Crippen LogP contribution in [0.1, 0.15) is 23.7 Å². The lowest BCUT2D eigenvalue weighted by Crippen LogP contribution is -2.32. The molecule has 0 bridgehead atoms. The molecule has 144 valence electrons. The molecule has 0 aliphatic carbocycles. The van der Waals surface area contributed by atoms with Gasteiger partial charge in [0.1, 0.15) is 5.82 Å². The Morgan fingerprint density at radius 1 is 1.18 bits per heavy atom. The number of aromatic amines is 1. The Labute approximate surface area is 171 Å². The third-order valence-electron chi connectivity index (χ3n) is 3.99. The first kappa shape index (κ1) is 19.9. The fraction of sp³-hybridized carbons (Fsp3) is 0.150. The molecule has 0 fully saturated rings. The van der Waals surface area contributed by atoms with Crippen molar-refractivity contribution in [2.75, 3.05) is 5.32 Å². The Morgan fingerprint density at radius 2 is 1.93 bits per heavy atom. The van der Waals surface area contributed by atoms with E-state index < -0.39 is 18.0 Å². The summed E-state index contributed by atoms with van der Waals surface area (Å²) < 4.78 is 5.37. The van der Waals surface area contributed by atoms with Crippen LogP contribution in [0.4, 0.5) is 5.69 Å². The summed E-state index contributed by atoms with van der Waals surface area (Å²) >= 11 is 12.0. The highest BCUT2D eigenvalue weighted by molar-refractivity contribution is 6.35. The zero-order chi connectivity index (χ0) is 20.1. The summed E-state index contributed by atoms with van der Waals surface area (Å²) in [6.45, 7) is 1.75. The summed E-state index contributed by atoms with van der Waals surface area (Å²) in [4.78, 5) is 32.0. The van der Waals surface area contributed by atoms with Gasteiger partial charge in [-0.2, -0.15) is 0 Å². The van der Waals surface area contributed by atoms with Crippen molar-refractivity contribution in [1.29, 1.82) is 0 Å². The van der Waals surface area contributed by atoms with Gasteiger partial charge in [-0.15, -0.1) is 0 Å². The van der Waals surface area contributed by atoms with Crippen LogP contribution >= 0.6 is 23.2 Å². The van der Waals surface area contributed by atoms with Crippen LogP contribution in [0.25, 0.3) is 11.4 Å². The predicted molar refractivity (Wildman–Crippen MR) is 109 cm³/mol. The minimum absolute atomic E-state index is 0.306. The maximum atomic E-state index is 12.5. The average molecular weight is 418 g/mol. The van der Waals surface area contributed by atoms with Gasteiger partial charge < -0.3 is 15.0 Å². The Balaban J connectivity index is 1.67. The Bertz CT molecular complexity index is 973. The quantitative estimate of drug-likeness (QED) is 0.555. The monoisotopic (exact) mass is 417 g/mol. The van der Waals surface area contributed by atoms with Gasteiger partial charge in [-0.1, -0.05) is 42.3 Å². The predicted octanol–water partition coefficient (Wildman–Crippen LogP) is 4.96. The number of anilines is 1. The van der Waals surface area contributed by atoms with Gasteiger partial charge in [0.05, 0.1) is 16.3 Å². The first-order valence-corrected chi connectivity index (χ1v) is 9.30. The first-order valence-electron chi connectivity index (χ1n) is 8.54. The zero-order valence-corrected chi connectivity index (χ0v) is 16.4. The van der Waals surface area contributed by atoms with E-state index in [1.165, 1.54) is 6.07 Å². The van der Waals surface area contributed by atoms with Gasteiger partial charge in [0.2, 0.25) is 0 Å². The minimum atomic E-state index is -0.965. The first-order chi connectivity index (χ1) is 13.5. The van der Waals surface area contributed by atoms with E-state index in [-0.39, 0.29) is 0 Å². The summed E-state index contributed by atoms with van der Waals surface area (Å²) in [6.07, 6.45) is 2.70. The van der Waals surface area contributed by atoms with Gasteiger partial charge in [-0.3, -0.25) is 4.79 Å². The normalized spacial score (nSPS) is 11.7. The van der Waals surface area contributed by atoms with Gasteiger partial charge >= 0.3 is 5.97 Å². The summed E-state index contributed by atoms with van der Waals surface area (Å²) in [5.41, 5.74) is 1.53. The molecule has 0 saturated carbocycles. The summed E-state index contributed by atoms with van der Waals surface area (Å²) in [5, 5.41) is 3.41. The second-order valence-electron chi connectivity index (χ2n) is 5.93. The minimum Gasteiger partial charge on any atom is -0.449 e. The molecule has 0 aliphatic rings. The standard InChI is InChI=1S/C20H17Cl2N3O3/c1-2-17(19(26)25-16-11-14(21)7-8-15(16)22)28-20(27)13-5-3-12(4-6-13)18-23-9-10-24-18/h3-11,17H,2H2,1H3,(H,23,24)(H,25,26). The van der Waals surface area contributed by atoms with Crippen molar-refractivity contribution >= 4 is 40.8 Å². The number of benzene rings is 2. The molecule has 1 aromatic heterocycles. The number of carbonyl (C=O) groups excluding carboxylic acids is 2. The molecule has 2 N–H and O–H groups in total. The van der Waals surface area contributed by atoms with E-state index in [1.54, 1.807) is 55.7 Å². The molecule has 1 atom stereocenters. The molecule has 1 unspecified atom stereocenters. The molecular weight excluding hydrogens is 401 g/mol. The largest absolute Gasteiger partial charge is 0.449 e. The second-order valence-corrected chi connectivity index (χ2v) is 6.77. The topological polar surface area (TPSA) is 84.1 Å². The lowest BCUT2D eigenvalue weighted by molar-refractivity contribution is -0.124. The number of H-pyrrole nitrogens is 1. The number of hydrogen-bond acceptors (Lipinski definition) is 4. The second kappa shape index (κ2) is 8.91. The van der Waals surface area contributed by atoms with Crippen LogP contribution in [-0.4, -0.2) is 27.9 Å². The van der Waals surface area contributed by atoms with Crippen LogP contribution < -0.4 is 5.32 Å². The van der Waals surface area contributed by atoms with E-state index in [0.29, 0.717) is 33.5 Å². The number of hydrogen-bond donors (Lipinski definition) is 2. The molecular formula is C20H17Cl2N3O3. The summed E-state index contributed by atoms with van der Waals surface area (Å²) in [7, 11) is 0. The number of rotatable bonds is 6. The number of imidazole rings is 1. The number of nitrogens with zero attached hydrogens (tertiary/aromatic N) is 1. The fourth-order valence-corrected chi connectivity index (χ4v) is 2.85. The van der Waals surface area contributed by atoms with Crippen LogP contribution in [0.3, 0.4) is 0 Å². The van der Waals surface area contributed by atoms with Gasteiger partial charge in [-0.25, -0.2) is 9.78 Å². The van der Waals surface area contributed by atoms with Crippen LogP contribution in [0.15, 0.2) is 54.9 Å². The molecule has 3 aromatic rings. The molecule has 28 heavy (non-hydrogen) atoms. The number of esters is 1. The molecule has 3 rings (SSSR count). The molecule has 1 amide bonds. The van der Waals surface area contributed by atoms with Gasteiger partial charge in [0.25, 0.3) is 5.91 Å². The lowest BCUT2D eigenvalue weighted by Gasteiger charge is -2.17. The van der Waals surface area contributed by atoms with Crippen LogP contribution in [-0.2, 0) is 9.53 Å². The summed E-state index contributed by atoms with van der Waals surface area (Å²) in [6, 6.07) is 11.5. The molecule has 0 spiro atoms. The van der Waals surface area contributed by atoms with E-state index in [0.717, 1.165) is 5.56 Å². The number of nitrogens with one attached hydrogen (secondary N) is 2. The van der Waals surface area contributed by atoms with Crippen molar-refractivity contribution < 1.29 is 14.3 Å². The molecule has 6 nitrogen and oxygen atoms in total. The Morgan fingerprint density at radius 3 is 2.57 bits per heavy atom. The third-order valence-corrected chi connectivity index (χ3v) is 4.56. The number of aromatic nitrogens is 2. The van der Waals surface area contributed by atoms with Crippen molar-refractivity contribution in [2.45, 2.75) is 19.4 Å². The van der Waals surface area contributed by atoms with Crippen molar-refractivity contribution in [2.24, 2.45) is 0 Å². The number of halogens is 2. The maximum Gasteiger partial charge on any atom is 0.338 e. The highest BCUT2D eigenvalue weighted by Crippen LogP contribution is 2.26. The molecule has 0 aliphatic heterocycles. The van der Waals surface area contributed by atoms with Crippen molar-refractivity contribution in [1.82, 2.24) is 9.97 Å². The fourth-order valence-electron chi connectivity index (χ4n) is 2.51. The number of ether oxygens (including phenoxy) is 1. The lowest BCUT2D eigenvalue weighted by atomic mass is 10.1. The number of carbonyl (C=O) groups is 2. The Hall–Kier alpha value is -2.83. The maximum absolute atomic E-state index is 12.5. The molecule has 1 heterocycles. The summed E-state index contributed by atoms with van der Waals surface area (Å²) in [5.74, 6) is -0.374. The van der Waals surface area contributed by atoms with Crippen molar-refractivity contribution in [3.8, 4) is 11.4 Å². The SMILES string of the molecule is CCC(OC(=O)c1ccc(-c2ncc[nH]2)cc1)C(=O)Nc1cc(Cl)ccc1Cl. The van der Waals surface area contributed by atoms with Crippen LogP contribution in [0, 0.1) is 0 Å². The van der Waals surface area contributed by atoms with Gasteiger partial charge in [-0.05, 0) is 36.8 Å². The van der Waals surface area contributed by atoms with Gasteiger partial charge in [0, 0.05) is 23.0 Å². The van der Waals surface area contributed by atoms with Crippen molar-refractivity contribution in [3.63, 3.8) is 0 Å². The number of amides is 1. The van der Waals surface area contributed by atoms with E-state index in [2.05, 4.69) is 15.3 Å². The molecule has 8 heteroatoms. The van der Waals surface area contributed by atoms with Crippen LogP contribution in [0.2, 0.25) is 10.0 Å². The van der Waals surface area contributed by atoms with E-state index in [9.17, 15) is 9.59 Å². The van der Waals surface area contributed by atoms with Gasteiger partial charge in [0.15, 0.2) is 6.10 Å². The highest BCUT2D eigenvalue weighted by Gasteiger charge is 2.23. The zero-order valence-electron chi connectivity index (χ0n) is 14.9.